The van der Waals surface area contributed by atoms with Gasteiger partial charge in [-0.05, 0) is 18.9 Å². The number of carbonyl (C=O) groups excluding carboxylic acids is 2. The molecular weight excluding hydrogens is 378 g/mol. The molecule has 3 aromatic rings. The SMILES string of the molecule is Cc1ccc([C@@H]2/C(=C(\O)c3ccccc3)C(=O)C(=O)N2CCCn2ccnc2)cc1. The third kappa shape index (κ3) is 3.76. The predicted molar refractivity (Wildman–Crippen MR) is 113 cm³/mol. The van der Waals surface area contributed by atoms with Crippen molar-refractivity contribution in [3.63, 3.8) is 0 Å². The third-order valence-electron chi connectivity index (χ3n) is 5.35. The van der Waals surface area contributed by atoms with Gasteiger partial charge in [0.25, 0.3) is 11.7 Å². The number of benzene rings is 2. The number of hydrogen-bond donors (Lipinski definition) is 1. The molecule has 0 aliphatic carbocycles. The molecule has 1 N–H and O–H groups in total. The van der Waals surface area contributed by atoms with Gasteiger partial charge in [0, 0.05) is 31.0 Å². The van der Waals surface area contributed by atoms with Crippen LogP contribution in [0, 0.1) is 6.92 Å². The molecule has 4 rings (SSSR count). The van der Waals surface area contributed by atoms with E-state index in [4.69, 9.17) is 0 Å². The normalized spacial score (nSPS) is 18.2. The molecular formula is C24H23N3O3. The summed E-state index contributed by atoms with van der Waals surface area (Å²) in [6.45, 7) is 3.06. The Kier molecular flexibility index (Phi) is 5.48. The van der Waals surface area contributed by atoms with Gasteiger partial charge in [0.15, 0.2) is 0 Å². The molecule has 30 heavy (non-hydrogen) atoms. The van der Waals surface area contributed by atoms with E-state index in [0.717, 1.165) is 11.1 Å². The van der Waals surface area contributed by atoms with Gasteiger partial charge in [-0.25, -0.2) is 4.98 Å². The minimum Gasteiger partial charge on any atom is -0.507 e. The Morgan fingerprint density at radius 3 is 2.43 bits per heavy atom. The van der Waals surface area contributed by atoms with Crippen LogP contribution in [0.5, 0.6) is 0 Å². The van der Waals surface area contributed by atoms with Crippen LogP contribution in [0.3, 0.4) is 0 Å². The van der Waals surface area contributed by atoms with Gasteiger partial charge < -0.3 is 14.6 Å². The largest absolute Gasteiger partial charge is 0.507 e. The lowest BCUT2D eigenvalue weighted by atomic mass is 9.94. The van der Waals surface area contributed by atoms with Crippen molar-refractivity contribution in [2.24, 2.45) is 0 Å². The summed E-state index contributed by atoms with van der Waals surface area (Å²) in [4.78, 5) is 31.5. The Labute approximate surface area is 175 Å². The Hall–Kier alpha value is -3.67. The van der Waals surface area contributed by atoms with Crippen LogP contribution in [0.25, 0.3) is 5.76 Å². The number of nitrogens with zero attached hydrogens (tertiary/aromatic N) is 3. The van der Waals surface area contributed by atoms with Crippen LogP contribution in [0.1, 0.15) is 29.2 Å². The molecule has 0 bridgehead atoms. The van der Waals surface area contributed by atoms with Gasteiger partial charge in [-0.3, -0.25) is 9.59 Å². The van der Waals surface area contributed by atoms with Crippen LogP contribution in [0.4, 0.5) is 0 Å². The highest BCUT2D eigenvalue weighted by molar-refractivity contribution is 6.46. The number of hydrogen-bond acceptors (Lipinski definition) is 4. The zero-order valence-corrected chi connectivity index (χ0v) is 16.7. The summed E-state index contributed by atoms with van der Waals surface area (Å²) in [5.41, 5.74) is 2.54. The molecule has 0 unspecified atom stereocenters. The number of likely N-dealkylation sites (tertiary alicyclic amines) is 1. The van der Waals surface area contributed by atoms with Gasteiger partial charge in [-0.15, -0.1) is 0 Å². The zero-order valence-electron chi connectivity index (χ0n) is 16.7. The van der Waals surface area contributed by atoms with E-state index in [9.17, 15) is 14.7 Å². The van der Waals surface area contributed by atoms with E-state index >= 15 is 0 Å². The van der Waals surface area contributed by atoms with Gasteiger partial charge >= 0.3 is 0 Å². The highest BCUT2D eigenvalue weighted by atomic mass is 16.3. The maximum Gasteiger partial charge on any atom is 0.295 e. The number of imidazole rings is 1. The average Bonchev–Trinajstić information content (AvgIpc) is 3.37. The van der Waals surface area contributed by atoms with Crippen molar-refractivity contribution in [2.75, 3.05) is 6.54 Å². The number of aromatic nitrogens is 2. The molecule has 2 heterocycles. The van der Waals surface area contributed by atoms with Crippen LogP contribution in [0.15, 0.2) is 78.9 Å². The smallest absolute Gasteiger partial charge is 0.295 e. The van der Waals surface area contributed by atoms with Crippen LogP contribution in [0.2, 0.25) is 0 Å². The van der Waals surface area contributed by atoms with E-state index in [1.54, 1.807) is 41.7 Å². The van der Waals surface area contributed by atoms with Crippen molar-refractivity contribution in [3.05, 3.63) is 95.6 Å². The average molecular weight is 401 g/mol. The van der Waals surface area contributed by atoms with E-state index in [1.807, 2.05) is 48.0 Å². The molecule has 1 aliphatic heterocycles. The van der Waals surface area contributed by atoms with Crippen LogP contribution < -0.4 is 0 Å². The molecule has 1 aliphatic rings. The maximum atomic E-state index is 12.9. The van der Waals surface area contributed by atoms with E-state index < -0.39 is 17.7 Å². The molecule has 0 radical (unpaired) electrons. The van der Waals surface area contributed by atoms with Crippen molar-refractivity contribution in [3.8, 4) is 0 Å². The molecule has 6 nitrogen and oxygen atoms in total. The molecule has 152 valence electrons. The Morgan fingerprint density at radius 2 is 1.77 bits per heavy atom. The molecule has 1 fully saturated rings. The summed E-state index contributed by atoms with van der Waals surface area (Å²) in [6, 6.07) is 16.0. The summed E-state index contributed by atoms with van der Waals surface area (Å²) >= 11 is 0. The second kappa shape index (κ2) is 8.37. The molecule has 1 amide bonds. The minimum absolute atomic E-state index is 0.137. The number of amides is 1. The van der Waals surface area contributed by atoms with Gasteiger partial charge in [-0.1, -0.05) is 60.2 Å². The maximum absolute atomic E-state index is 12.9. The fraction of sp³-hybridized carbons (Fsp3) is 0.208. The first-order valence-corrected chi connectivity index (χ1v) is 9.92. The Morgan fingerprint density at radius 1 is 1.03 bits per heavy atom. The van der Waals surface area contributed by atoms with E-state index in [1.165, 1.54) is 0 Å². The van der Waals surface area contributed by atoms with Crippen LogP contribution in [-0.2, 0) is 16.1 Å². The fourth-order valence-electron chi connectivity index (χ4n) is 3.80. The molecule has 1 atom stereocenters. The predicted octanol–water partition coefficient (Wildman–Crippen LogP) is 3.70. The topological polar surface area (TPSA) is 75.4 Å². The number of aliphatic hydroxyl groups excluding tert-OH is 1. The standard InChI is InChI=1S/C24H23N3O3/c1-17-8-10-18(11-9-17)21-20(22(28)19-6-3-2-4-7-19)23(29)24(30)27(21)14-5-13-26-15-12-25-16-26/h2-4,6-12,15-16,21,28H,5,13-14H2,1H3/b22-20+/t21-/m1/s1. The highest BCUT2D eigenvalue weighted by Gasteiger charge is 2.45. The molecule has 1 saturated heterocycles. The molecule has 1 aromatic heterocycles. The van der Waals surface area contributed by atoms with Gasteiger partial charge in [0.1, 0.15) is 5.76 Å². The number of rotatable bonds is 6. The van der Waals surface area contributed by atoms with E-state index in [0.29, 0.717) is 25.1 Å². The lowest BCUT2D eigenvalue weighted by Gasteiger charge is -2.25. The quantitative estimate of drug-likeness (QED) is 0.388. The minimum atomic E-state index is -0.649. The molecule has 6 heteroatoms. The second-order valence-electron chi connectivity index (χ2n) is 7.42. The first-order chi connectivity index (χ1) is 14.6. The van der Waals surface area contributed by atoms with Crippen molar-refractivity contribution in [1.82, 2.24) is 14.5 Å². The first kappa shape index (κ1) is 19.6. The molecule has 0 spiro atoms. The van der Waals surface area contributed by atoms with Gasteiger partial charge in [0.05, 0.1) is 17.9 Å². The summed E-state index contributed by atoms with van der Waals surface area (Å²) in [5, 5.41) is 11.0. The number of ketones is 1. The van der Waals surface area contributed by atoms with Crippen molar-refractivity contribution < 1.29 is 14.7 Å². The lowest BCUT2D eigenvalue weighted by Crippen LogP contribution is -2.31. The van der Waals surface area contributed by atoms with Crippen LogP contribution in [-0.4, -0.2) is 37.8 Å². The van der Waals surface area contributed by atoms with E-state index in [-0.39, 0.29) is 11.3 Å². The second-order valence-corrected chi connectivity index (χ2v) is 7.42. The number of aliphatic hydroxyl groups is 1. The number of Topliss-reactive ketones (excluding diaryl/α,β-unsaturated/α-hetero) is 1. The number of carbonyl (C=O) groups is 2. The lowest BCUT2D eigenvalue weighted by molar-refractivity contribution is -0.139. The first-order valence-electron chi connectivity index (χ1n) is 9.92. The summed E-state index contributed by atoms with van der Waals surface area (Å²) in [5.74, 6) is -1.37. The number of aryl methyl sites for hydroxylation is 2. The molecule has 2 aromatic carbocycles. The van der Waals surface area contributed by atoms with E-state index in [2.05, 4.69) is 4.98 Å². The summed E-state index contributed by atoms with van der Waals surface area (Å²) < 4.78 is 1.93. The van der Waals surface area contributed by atoms with Crippen molar-refractivity contribution in [2.45, 2.75) is 25.9 Å². The van der Waals surface area contributed by atoms with Crippen molar-refractivity contribution in [1.29, 1.82) is 0 Å². The Bertz CT molecular complexity index is 1070. The summed E-state index contributed by atoms with van der Waals surface area (Å²) in [7, 11) is 0. The fourth-order valence-corrected chi connectivity index (χ4v) is 3.80. The zero-order chi connectivity index (χ0) is 21.1. The summed E-state index contributed by atoms with van der Waals surface area (Å²) in [6.07, 6.45) is 5.96. The highest BCUT2D eigenvalue weighted by Crippen LogP contribution is 2.39. The van der Waals surface area contributed by atoms with Gasteiger partial charge in [-0.2, -0.15) is 0 Å². The Balaban J connectivity index is 1.72. The monoisotopic (exact) mass is 401 g/mol. The van der Waals surface area contributed by atoms with Gasteiger partial charge in [0.2, 0.25) is 0 Å². The van der Waals surface area contributed by atoms with Crippen molar-refractivity contribution >= 4 is 17.4 Å². The molecule has 0 saturated carbocycles. The third-order valence-corrected chi connectivity index (χ3v) is 5.35. The van der Waals surface area contributed by atoms with Crippen LogP contribution >= 0.6 is 0 Å².